The molecular weight excluding hydrogens is 318 g/mol. The van der Waals surface area contributed by atoms with Crippen LogP contribution in [-0.2, 0) is 22.6 Å². The van der Waals surface area contributed by atoms with Gasteiger partial charge < -0.3 is 10.2 Å². The standard InChI is InChI=1S/C19H23N3O3/c23-16(21-11-7-14-5-1-2-6-15(14)13-21)8-12-22-17(24)19(20-18(22)25)9-3-4-10-19/h1-2,5-6H,3-4,7-13H2,(H,20,25). The molecule has 6 nitrogen and oxygen atoms in total. The first-order chi connectivity index (χ1) is 12.1. The van der Waals surface area contributed by atoms with Gasteiger partial charge in [-0.15, -0.1) is 0 Å². The average molecular weight is 341 g/mol. The molecule has 0 bridgehead atoms. The molecule has 0 aromatic heterocycles. The van der Waals surface area contributed by atoms with Crippen LogP contribution in [0.25, 0.3) is 0 Å². The van der Waals surface area contributed by atoms with E-state index < -0.39 is 5.54 Å². The molecule has 132 valence electrons. The van der Waals surface area contributed by atoms with Crippen molar-refractivity contribution in [2.75, 3.05) is 13.1 Å². The predicted octanol–water partition coefficient (Wildman–Crippen LogP) is 1.83. The first kappa shape index (κ1) is 16.1. The van der Waals surface area contributed by atoms with E-state index >= 15 is 0 Å². The number of fused-ring (bicyclic) bond motifs is 1. The van der Waals surface area contributed by atoms with Crippen LogP contribution in [0.4, 0.5) is 4.79 Å². The Bertz CT molecular complexity index is 724. The maximum atomic E-state index is 12.6. The van der Waals surface area contributed by atoms with Crippen molar-refractivity contribution in [1.29, 1.82) is 0 Å². The number of carbonyl (C=O) groups excluding carboxylic acids is 3. The fourth-order valence-corrected chi connectivity index (χ4v) is 4.27. The van der Waals surface area contributed by atoms with Gasteiger partial charge in [-0.05, 0) is 30.4 Å². The van der Waals surface area contributed by atoms with Gasteiger partial charge in [-0.2, -0.15) is 0 Å². The lowest BCUT2D eigenvalue weighted by Crippen LogP contribution is -2.44. The van der Waals surface area contributed by atoms with E-state index in [1.54, 1.807) is 0 Å². The molecule has 0 atom stereocenters. The summed E-state index contributed by atoms with van der Waals surface area (Å²) in [7, 11) is 0. The molecule has 1 aliphatic carbocycles. The lowest BCUT2D eigenvalue weighted by Gasteiger charge is -2.29. The molecule has 1 aromatic carbocycles. The van der Waals surface area contributed by atoms with Crippen molar-refractivity contribution in [3.63, 3.8) is 0 Å². The third kappa shape index (κ3) is 2.79. The molecule has 1 saturated carbocycles. The number of hydrogen-bond acceptors (Lipinski definition) is 3. The molecule has 2 heterocycles. The Hall–Kier alpha value is -2.37. The van der Waals surface area contributed by atoms with E-state index in [1.165, 1.54) is 16.0 Å². The summed E-state index contributed by atoms with van der Waals surface area (Å²) < 4.78 is 0. The van der Waals surface area contributed by atoms with Gasteiger partial charge >= 0.3 is 6.03 Å². The van der Waals surface area contributed by atoms with Gasteiger partial charge in [0.05, 0.1) is 0 Å². The molecule has 25 heavy (non-hydrogen) atoms. The fraction of sp³-hybridized carbons (Fsp3) is 0.526. The molecule has 1 N–H and O–H groups in total. The van der Waals surface area contributed by atoms with Gasteiger partial charge in [0.1, 0.15) is 5.54 Å². The number of carbonyl (C=O) groups is 3. The van der Waals surface area contributed by atoms with Gasteiger partial charge in [0.15, 0.2) is 0 Å². The molecule has 4 amide bonds. The Balaban J connectivity index is 1.36. The molecule has 1 aromatic rings. The summed E-state index contributed by atoms with van der Waals surface area (Å²) in [6.07, 6.45) is 4.40. The van der Waals surface area contributed by atoms with Crippen LogP contribution in [0.15, 0.2) is 24.3 Å². The van der Waals surface area contributed by atoms with Crippen LogP contribution in [0.3, 0.4) is 0 Å². The van der Waals surface area contributed by atoms with Crippen molar-refractivity contribution in [2.45, 2.75) is 50.6 Å². The third-order valence-corrected chi connectivity index (χ3v) is 5.74. The van der Waals surface area contributed by atoms with E-state index in [1.807, 2.05) is 17.0 Å². The summed E-state index contributed by atoms with van der Waals surface area (Å²) in [4.78, 5) is 40.4. The highest BCUT2D eigenvalue weighted by atomic mass is 16.2. The Morgan fingerprint density at radius 2 is 1.84 bits per heavy atom. The van der Waals surface area contributed by atoms with Gasteiger partial charge in [-0.3, -0.25) is 14.5 Å². The maximum Gasteiger partial charge on any atom is 0.325 e. The number of benzene rings is 1. The monoisotopic (exact) mass is 341 g/mol. The van der Waals surface area contributed by atoms with E-state index in [0.29, 0.717) is 25.9 Å². The molecule has 0 unspecified atom stereocenters. The SMILES string of the molecule is O=C(CCN1C(=O)NC2(CCCC2)C1=O)N1CCc2ccccc2C1. The minimum Gasteiger partial charge on any atom is -0.338 e. The van der Waals surface area contributed by atoms with Crippen LogP contribution >= 0.6 is 0 Å². The highest BCUT2D eigenvalue weighted by Crippen LogP contribution is 2.35. The van der Waals surface area contributed by atoms with E-state index in [4.69, 9.17) is 0 Å². The number of imide groups is 1. The van der Waals surface area contributed by atoms with Gasteiger partial charge in [0.25, 0.3) is 5.91 Å². The Labute approximate surface area is 147 Å². The summed E-state index contributed by atoms with van der Waals surface area (Å²) in [5, 5.41) is 2.86. The molecule has 6 heteroatoms. The zero-order valence-corrected chi connectivity index (χ0v) is 14.3. The maximum absolute atomic E-state index is 12.6. The largest absolute Gasteiger partial charge is 0.338 e. The topological polar surface area (TPSA) is 69.7 Å². The lowest BCUT2D eigenvalue weighted by atomic mass is 9.98. The van der Waals surface area contributed by atoms with Gasteiger partial charge in [-0.1, -0.05) is 37.1 Å². The quantitative estimate of drug-likeness (QED) is 0.853. The summed E-state index contributed by atoms with van der Waals surface area (Å²) in [5.74, 6) is -0.144. The lowest BCUT2D eigenvalue weighted by molar-refractivity contribution is -0.134. The minimum absolute atomic E-state index is 0.00229. The molecule has 0 radical (unpaired) electrons. The van der Waals surface area contributed by atoms with Crippen LogP contribution in [0, 0.1) is 0 Å². The van der Waals surface area contributed by atoms with E-state index in [-0.39, 0.29) is 30.8 Å². The first-order valence-corrected chi connectivity index (χ1v) is 9.08. The van der Waals surface area contributed by atoms with E-state index in [0.717, 1.165) is 19.3 Å². The Kier molecular flexibility index (Phi) is 3.98. The minimum atomic E-state index is -0.690. The number of urea groups is 1. The predicted molar refractivity (Wildman–Crippen MR) is 91.6 cm³/mol. The zero-order valence-electron chi connectivity index (χ0n) is 14.3. The Morgan fingerprint density at radius 1 is 1.12 bits per heavy atom. The number of nitrogens with zero attached hydrogens (tertiary/aromatic N) is 2. The van der Waals surface area contributed by atoms with E-state index in [2.05, 4.69) is 17.4 Å². The molecule has 1 saturated heterocycles. The number of rotatable bonds is 3. The van der Waals surface area contributed by atoms with Crippen molar-refractivity contribution >= 4 is 17.8 Å². The second kappa shape index (κ2) is 6.17. The van der Waals surface area contributed by atoms with Crippen molar-refractivity contribution in [1.82, 2.24) is 15.1 Å². The van der Waals surface area contributed by atoms with E-state index in [9.17, 15) is 14.4 Å². The normalized spacial score (nSPS) is 21.6. The average Bonchev–Trinajstić information content (AvgIpc) is 3.18. The smallest absolute Gasteiger partial charge is 0.325 e. The zero-order chi connectivity index (χ0) is 17.4. The van der Waals surface area contributed by atoms with Gasteiger partial charge in [0, 0.05) is 26.1 Å². The second-order valence-corrected chi connectivity index (χ2v) is 7.26. The molecule has 2 fully saturated rings. The fourth-order valence-electron chi connectivity index (χ4n) is 4.27. The molecular formula is C19H23N3O3. The summed E-state index contributed by atoms with van der Waals surface area (Å²) >= 11 is 0. The highest BCUT2D eigenvalue weighted by Gasteiger charge is 2.52. The third-order valence-electron chi connectivity index (χ3n) is 5.74. The van der Waals surface area contributed by atoms with Gasteiger partial charge in [0.2, 0.25) is 5.91 Å². The van der Waals surface area contributed by atoms with Gasteiger partial charge in [-0.25, -0.2) is 4.79 Å². The molecule has 4 rings (SSSR count). The highest BCUT2D eigenvalue weighted by molar-refractivity contribution is 6.07. The number of nitrogens with one attached hydrogen (secondary N) is 1. The molecule has 2 aliphatic heterocycles. The summed E-state index contributed by atoms with van der Waals surface area (Å²) in [6, 6.07) is 7.82. The van der Waals surface area contributed by atoms with Crippen LogP contribution < -0.4 is 5.32 Å². The summed E-state index contributed by atoms with van der Waals surface area (Å²) in [6.45, 7) is 1.47. The number of hydrogen-bond donors (Lipinski definition) is 1. The summed E-state index contributed by atoms with van der Waals surface area (Å²) in [5.41, 5.74) is 1.79. The van der Waals surface area contributed by atoms with Crippen LogP contribution in [0.2, 0.25) is 0 Å². The first-order valence-electron chi connectivity index (χ1n) is 9.08. The van der Waals surface area contributed by atoms with Crippen LogP contribution in [0.1, 0.15) is 43.2 Å². The van der Waals surface area contributed by atoms with Crippen molar-refractivity contribution in [2.24, 2.45) is 0 Å². The van der Waals surface area contributed by atoms with Crippen molar-refractivity contribution < 1.29 is 14.4 Å². The van der Waals surface area contributed by atoms with Crippen molar-refractivity contribution in [3.05, 3.63) is 35.4 Å². The van der Waals surface area contributed by atoms with Crippen LogP contribution in [-0.4, -0.2) is 46.3 Å². The number of amides is 4. The Morgan fingerprint density at radius 3 is 2.60 bits per heavy atom. The second-order valence-electron chi connectivity index (χ2n) is 7.26. The van der Waals surface area contributed by atoms with Crippen LogP contribution in [0.5, 0.6) is 0 Å². The molecule has 1 spiro atoms. The molecule has 3 aliphatic rings. The van der Waals surface area contributed by atoms with Crippen molar-refractivity contribution in [3.8, 4) is 0 Å².